The highest BCUT2D eigenvalue weighted by atomic mass is 16.6. The van der Waals surface area contributed by atoms with E-state index in [9.17, 15) is 19.7 Å². The number of benzene rings is 1. The molecule has 0 unspecified atom stereocenters. The Morgan fingerprint density at radius 2 is 1.68 bits per heavy atom. The Kier molecular flexibility index (Phi) is 2.81. The highest BCUT2D eigenvalue weighted by Crippen LogP contribution is 2.65. The van der Waals surface area contributed by atoms with Crippen LogP contribution in [-0.4, -0.2) is 28.0 Å². The number of hydrogen-bond donors (Lipinski definition) is 0. The summed E-state index contributed by atoms with van der Waals surface area (Å²) in [6, 6.07) is 6.12. The molecule has 2 bridgehead atoms. The molecule has 6 rings (SSSR count). The first-order chi connectivity index (χ1) is 12.1. The van der Waals surface area contributed by atoms with E-state index in [1.807, 2.05) is 0 Å². The molecule has 7 heteroatoms. The maximum absolute atomic E-state index is 12.8. The fourth-order valence-corrected chi connectivity index (χ4v) is 4.94. The molecule has 126 valence electrons. The summed E-state index contributed by atoms with van der Waals surface area (Å²) in [5.74, 6) is 0.192. The maximum Gasteiger partial charge on any atom is 0.278 e. The van der Waals surface area contributed by atoms with Crippen molar-refractivity contribution in [3.63, 3.8) is 0 Å². The van der Waals surface area contributed by atoms with E-state index in [0.717, 1.165) is 11.4 Å². The summed E-state index contributed by atoms with van der Waals surface area (Å²) in [5.41, 5.74) is 0.164. The van der Waals surface area contributed by atoms with Crippen LogP contribution in [0.1, 0.15) is 12.0 Å². The van der Waals surface area contributed by atoms with Gasteiger partial charge in [0.15, 0.2) is 0 Å². The van der Waals surface area contributed by atoms with Gasteiger partial charge in [-0.25, -0.2) is 0 Å². The Bertz CT molecular complexity index is 841. The fourth-order valence-electron chi connectivity index (χ4n) is 4.94. The second kappa shape index (κ2) is 4.84. The predicted molar refractivity (Wildman–Crippen MR) is 87.2 cm³/mol. The van der Waals surface area contributed by atoms with Gasteiger partial charge in [0.05, 0.1) is 28.5 Å². The molecule has 2 amide bonds. The Morgan fingerprint density at radius 1 is 1.08 bits per heavy atom. The van der Waals surface area contributed by atoms with E-state index in [1.54, 1.807) is 18.2 Å². The molecule has 0 spiro atoms. The number of allylic oxidation sites excluding steroid dienone is 2. The van der Waals surface area contributed by atoms with E-state index in [1.165, 1.54) is 12.3 Å². The SMILES string of the molecule is O=C1[C@@H]2[C@H]3C=C[C@@H]([C@@H]4C[C@H]34)[C@@H]2C(=O)N1/N=C\c1ccccc1[N+](=O)[O-]. The molecular weight excluding hydrogens is 322 g/mol. The highest BCUT2D eigenvalue weighted by Gasteiger charge is 2.67. The third-order valence-electron chi connectivity index (χ3n) is 6.09. The van der Waals surface area contributed by atoms with Gasteiger partial charge in [-0.05, 0) is 36.2 Å². The molecule has 1 aliphatic heterocycles. The summed E-state index contributed by atoms with van der Waals surface area (Å²) in [6.07, 6.45) is 6.54. The average molecular weight is 337 g/mol. The van der Waals surface area contributed by atoms with Crippen molar-refractivity contribution in [2.24, 2.45) is 40.6 Å². The summed E-state index contributed by atoms with van der Waals surface area (Å²) in [4.78, 5) is 36.1. The minimum absolute atomic E-state index is 0.106. The Morgan fingerprint density at radius 3 is 2.28 bits per heavy atom. The molecule has 4 aliphatic carbocycles. The minimum atomic E-state index is -0.508. The van der Waals surface area contributed by atoms with Gasteiger partial charge >= 0.3 is 0 Å². The van der Waals surface area contributed by atoms with E-state index in [4.69, 9.17) is 0 Å². The van der Waals surface area contributed by atoms with Crippen LogP contribution in [0.5, 0.6) is 0 Å². The minimum Gasteiger partial charge on any atom is -0.272 e. The molecule has 1 heterocycles. The van der Waals surface area contributed by atoms with Gasteiger partial charge in [-0.2, -0.15) is 10.1 Å². The van der Waals surface area contributed by atoms with Crippen LogP contribution >= 0.6 is 0 Å². The van der Waals surface area contributed by atoms with Crippen molar-refractivity contribution in [3.05, 3.63) is 52.1 Å². The Labute approximate surface area is 143 Å². The quantitative estimate of drug-likeness (QED) is 0.277. The number of hydrogen-bond acceptors (Lipinski definition) is 5. The second-order valence-electron chi connectivity index (χ2n) is 7.20. The molecule has 1 aromatic carbocycles. The number of carbonyl (C=O) groups excluding carboxylic acids is 2. The van der Waals surface area contributed by atoms with Crippen molar-refractivity contribution in [3.8, 4) is 0 Å². The number of nitro groups is 1. The molecule has 1 aromatic rings. The van der Waals surface area contributed by atoms with Crippen LogP contribution in [0.4, 0.5) is 5.69 Å². The number of para-hydroxylation sites is 1. The molecule has 5 aliphatic rings. The monoisotopic (exact) mass is 337 g/mol. The number of hydrazone groups is 1. The number of carbonyl (C=O) groups is 2. The molecule has 0 N–H and O–H groups in total. The number of nitrogens with zero attached hydrogens (tertiary/aromatic N) is 3. The lowest BCUT2D eigenvalue weighted by atomic mass is 9.63. The van der Waals surface area contributed by atoms with Crippen molar-refractivity contribution in [2.45, 2.75) is 6.42 Å². The van der Waals surface area contributed by atoms with Gasteiger partial charge in [0.2, 0.25) is 0 Å². The van der Waals surface area contributed by atoms with Gasteiger partial charge in [-0.1, -0.05) is 24.3 Å². The molecule has 1 saturated heterocycles. The molecule has 3 fully saturated rings. The lowest BCUT2D eigenvalue weighted by Crippen LogP contribution is -2.40. The van der Waals surface area contributed by atoms with Crippen molar-refractivity contribution >= 4 is 23.7 Å². The zero-order valence-corrected chi connectivity index (χ0v) is 13.2. The number of nitro benzene ring substituents is 1. The molecule has 6 atom stereocenters. The first kappa shape index (κ1) is 14.5. The van der Waals surface area contributed by atoms with E-state index >= 15 is 0 Å². The lowest BCUT2D eigenvalue weighted by molar-refractivity contribution is -0.385. The van der Waals surface area contributed by atoms with Crippen LogP contribution < -0.4 is 0 Å². The summed E-state index contributed by atoms with van der Waals surface area (Å²) < 4.78 is 0. The molecule has 0 radical (unpaired) electrons. The van der Waals surface area contributed by atoms with Crippen molar-refractivity contribution in [1.82, 2.24) is 5.01 Å². The van der Waals surface area contributed by atoms with Crippen LogP contribution in [0.15, 0.2) is 41.5 Å². The highest BCUT2D eigenvalue weighted by molar-refractivity contribution is 6.06. The molecule has 0 aromatic heterocycles. The third-order valence-corrected chi connectivity index (χ3v) is 6.09. The van der Waals surface area contributed by atoms with Crippen LogP contribution in [0.2, 0.25) is 0 Å². The van der Waals surface area contributed by atoms with Gasteiger partial charge in [-0.3, -0.25) is 19.7 Å². The molecule has 2 saturated carbocycles. The number of imide groups is 1. The summed E-state index contributed by atoms with van der Waals surface area (Å²) in [5, 5.41) is 16.0. The molecular formula is C18H15N3O4. The van der Waals surface area contributed by atoms with Crippen molar-refractivity contribution in [1.29, 1.82) is 0 Å². The van der Waals surface area contributed by atoms with E-state index in [0.29, 0.717) is 11.8 Å². The second-order valence-corrected chi connectivity index (χ2v) is 7.20. The Balaban J connectivity index is 1.46. The van der Waals surface area contributed by atoms with Gasteiger partial charge in [-0.15, -0.1) is 0 Å². The smallest absolute Gasteiger partial charge is 0.272 e. The summed E-state index contributed by atoms with van der Waals surface area (Å²) >= 11 is 0. The van der Waals surface area contributed by atoms with Gasteiger partial charge in [0.1, 0.15) is 0 Å². The zero-order chi connectivity index (χ0) is 17.3. The normalized spacial score (nSPS) is 37.5. The molecule has 7 nitrogen and oxygen atoms in total. The largest absolute Gasteiger partial charge is 0.278 e. The zero-order valence-electron chi connectivity index (χ0n) is 13.2. The third kappa shape index (κ3) is 1.89. The van der Waals surface area contributed by atoms with Crippen LogP contribution in [-0.2, 0) is 9.59 Å². The number of amides is 2. The lowest BCUT2D eigenvalue weighted by Gasteiger charge is -2.37. The summed E-state index contributed by atoms with van der Waals surface area (Å²) in [6.45, 7) is 0. The fraction of sp³-hybridized carbons (Fsp3) is 0.389. The average Bonchev–Trinajstić information content (AvgIpc) is 3.39. The molecule has 25 heavy (non-hydrogen) atoms. The van der Waals surface area contributed by atoms with Gasteiger partial charge in [0.25, 0.3) is 17.5 Å². The standard InChI is InChI=1S/C18H15N3O4/c22-17-15-10-5-6-11(13-7-12(10)13)16(15)18(23)20(17)19-8-9-3-1-2-4-14(9)21(24)25/h1-6,8,10-13,15-16H,7H2/b19-8-/t10-,11-,12-,13+,15-,16+/m0/s1. The topological polar surface area (TPSA) is 92.9 Å². The van der Waals surface area contributed by atoms with Crippen LogP contribution in [0.25, 0.3) is 0 Å². The van der Waals surface area contributed by atoms with Crippen molar-refractivity contribution < 1.29 is 14.5 Å². The maximum atomic E-state index is 12.8. The van der Waals surface area contributed by atoms with Crippen LogP contribution in [0.3, 0.4) is 0 Å². The predicted octanol–water partition coefficient (Wildman–Crippen LogP) is 1.98. The first-order valence-electron chi connectivity index (χ1n) is 8.41. The van der Waals surface area contributed by atoms with E-state index in [-0.39, 0.29) is 46.7 Å². The van der Waals surface area contributed by atoms with Gasteiger partial charge in [0, 0.05) is 6.07 Å². The first-order valence-corrected chi connectivity index (χ1v) is 8.41. The number of rotatable bonds is 3. The van der Waals surface area contributed by atoms with E-state index in [2.05, 4.69) is 17.3 Å². The van der Waals surface area contributed by atoms with Crippen LogP contribution in [0, 0.1) is 45.6 Å². The summed E-state index contributed by atoms with van der Waals surface area (Å²) in [7, 11) is 0. The van der Waals surface area contributed by atoms with E-state index < -0.39 is 4.92 Å². The Hall–Kier alpha value is -2.83. The van der Waals surface area contributed by atoms with Crippen molar-refractivity contribution in [2.75, 3.05) is 0 Å². The van der Waals surface area contributed by atoms with Gasteiger partial charge < -0.3 is 0 Å².